The van der Waals surface area contributed by atoms with Gasteiger partial charge in [-0.3, -0.25) is 14.4 Å². The van der Waals surface area contributed by atoms with Gasteiger partial charge in [0.05, 0.1) is 6.10 Å². The molecule has 0 aliphatic heterocycles. The van der Waals surface area contributed by atoms with Crippen molar-refractivity contribution in [2.24, 2.45) is 0 Å². The van der Waals surface area contributed by atoms with E-state index in [2.05, 4.69) is 0 Å². The monoisotopic (exact) mass is 685 g/mol. The first-order valence-corrected chi connectivity index (χ1v) is 18.0. The molecule has 2 aliphatic carbocycles. The van der Waals surface area contributed by atoms with Crippen molar-refractivity contribution in [1.29, 1.82) is 0 Å². The molecule has 0 aromatic heterocycles. The van der Waals surface area contributed by atoms with Crippen molar-refractivity contribution >= 4 is 17.7 Å². The summed E-state index contributed by atoms with van der Waals surface area (Å²) in [6, 6.07) is 0. The van der Waals surface area contributed by atoms with Gasteiger partial charge in [-0.1, -0.05) is 156 Å². The normalized spacial score (nSPS) is 17.5. The van der Waals surface area contributed by atoms with Crippen LogP contribution in [-0.2, 0) is 14.4 Å². The third-order valence-corrected chi connectivity index (χ3v) is 8.52. The molecule has 2 aliphatic rings. The molecule has 0 saturated heterocycles. The van der Waals surface area contributed by atoms with Crippen LogP contribution in [0, 0.1) is 7.38 Å². The first-order valence-electron chi connectivity index (χ1n) is 19.2. The summed E-state index contributed by atoms with van der Waals surface area (Å²) in [5.74, 6) is -0.928. The molecule has 0 bridgehead atoms. The van der Waals surface area contributed by atoms with Gasteiger partial charge in [0.15, 0.2) is 0 Å². The van der Waals surface area contributed by atoms with Crippen LogP contribution < -0.4 is 51.4 Å². The number of Topliss-reactive ketones (excluding diaryl/α,β-unsaturated/α-hetero) is 1. The Morgan fingerprint density at radius 1 is 0.543 bits per heavy atom. The second-order valence-corrected chi connectivity index (χ2v) is 12.7. The summed E-state index contributed by atoms with van der Waals surface area (Å²) in [7, 11) is 0.500. The van der Waals surface area contributed by atoms with Crippen molar-refractivity contribution in [2.75, 3.05) is 0 Å². The van der Waals surface area contributed by atoms with Crippen molar-refractivity contribution in [3.8, 4) is 0 Å². The number of carboxylic acids is 2. The van der Waals surface area contributed by atoms with E-state index in [9.17, 15) is 19.5 Å². The van der Waals surface area contributed by atoms with Gasteiger partial charge in [0, 0.05) is 25.7 Å². The quantitative estimate of drug-likeness (QED) is 0.114. The summed E-state index contributed by atoms with van der Waals surface area (Å²) < 4.78 is 11.5. The van der Waals surface area contributed by atoms with Crippen molar-refractivity contribution in [1.82, 2.24) is 0 Å². The maximum absolute atomic E-state index is 11.3. The molecule has 0 aromatic carbocycles. The van der Waals surface area contributed by atoms with Crippen LogP contribution in [0.15, 0.2) is 0 Å². The number of rotatable bonds is 11. The fourth-order valence-corrected chi connectivity index (χ4v) is 5.76. The Morgan fingerprint density at radius 3 is 1.07 bits per heavy atom. The van der Waals surface area contributed by atoms with Gasteiger partial charge in [0.1, 0.15) is 5.78 Å². The molecule has 2 saturated carbocycles. The van der Waals surface area contributed by atoms with E-state index in [4.69, 9.17) is 13.0 Å². The molecule has 0 spiro atoms. The van der Waals surface area contributed by atoms with Crippen molar-refractivity contribution in [3.63, 3.8) is 0 Å². The molecule has 7 heteroatoms. The van der Waals surface area contributed by atoms with E-state index >= 15 is 0 Å². The fourth-order valence-electron chi connectivity index (χ4n) is 5.76. The standard InChI is InChI=1S/C12H22O4.C12H24O.C12H22O.2CH4.CH3.K/c13-11(14)9-7-5-3-1-2-4-6-8-10-12(15)16;2*13-12-10-8-6-4-2-1-3-5-7-9-11-12;;;;/h1-10H2,(H,13,14)(H,15,16);12-13H,1-11H2;1-11H2;2*1H4;1H3;/q;;;;;-1;+1/i;;;;;1D2;. The van der Waals surface area contributed by atoms with Crippen LogP contribution in [0.3, 0.4) is 0 Å². The van der Waals surface area contributed by atoms with E-state index in [0.717, 1.165) is 89.9 Å². The maximum atomic E-state index is 11.3. The molecule has 0 radical (unpaired) electrons. The van der Waals surface area contributed by atoms with Gasteiger partial charge < -0.3 is 22.7 Å². The van der Waals surface area contributed by atoms with Crippen LogP contribution in [0.5, 0.6) is 0 Å². The van der Waals surface area contributed by atoms with Crippen LogP contribution in [-0.4, -0.2) is 39.1 Å². The summed E-state index contributed by atoms with van der Waals surface area (Å²) in [5.41, 5.74) is 0. The van der Waals surface area contributed by atoms with Gasteiger partial charge in [0.25, 0.3) is 0 Å². The first kappa shape index (κ1) is 50.6. The molecule has 0 amide bonds. The Labute approximate surface area is 332 Å². The van der Waals surface area contributed by atoms with Gasteiger partial charge in [-0.25, -0.2) is 2.74 Å². The van der Waals surface area contributed by atoms with E-state index in [1.807, 2.05) is 0 Å². The Balaban J connectivity index is -0.000000180. The first-order chi connectivity index (χ1) is 21.8. The Bertz CT molecular complexity index is 606. The molecular formula is C39H79KO6. The zero-order valence-electron chi connectivity index (χ0n) is 30.8. The number of aliphatic hydroxyl groups excluding tert-OH is 1. The third-order valence-electron chi connectivity index (χ3n) is 8.52. The van der Waals surface area contributed by atoms with Crippen molar-refractivity contribution in [2.45, 2.75) is 226 Å². The van der Waals surface area contributed by atoms with E-state index in [-0.39, 0.29) is 85.2 Å². The summed E-state index contributed by atoms with van der Waals surface area (Å²) in [4.78, 5) is 31.7. The number of carbonyl (C=O) groups excluding carboxylic acids is 1. The topological polar surface area (TPSA) is 112 Å². The average Bonchev–Trinajstić information content (AvgIpc) is 2.98. The maximum Gasteiger partial charge on any atom is 1.00 e. The number of aliphatic carboxylic acids is 2. The second-order valence-electron chi connectivity index (χ2n) is 12.7. The molecule has 6 nitrogen and oxygen atoms in total. The fraction of sp³-hybridized carbons (Fsp3) is 0.897. The Morgan fingerprint density at radius 2 is 0.783 bits per heavy atom. The number of aliphatic hydroxyl groups is 1. The predicted molar refractivity (Wildman–Crippen MR) is 194 cm³/mol. The number of ketones is 1. The van der Waals surface area contributed by atoms with E-state index < -0.39 is 11.9 Å². The minimum Gasteiger partial charge on any atom is -0.481 e. The molecule has 0 atom stereocenters. The zero-order valence-corrected chi connectivity index (χ0v) is 32.0. The van der Waals surface area contributed by atoms with Gasteiger partial charge >= 0.3 is 63.3 Å². The van der Waals surface area contributed by atoms with Gasteiger partial charge in [-0.05, 0) is 38.5 Å². The van der Waals surface area contributed by atoms with Crippen LogP contribution >= 0.6 is 0 Å². The number of carboxylic acid groups (broad SMARTS) is 2. The SMILES string of the molecule is C.C.O=C(O)CCCCCCCCCCC(=O)O.O=C1CCCCCCCCCCC1.OC1CCCCCCCCCCC1.[2H][CH-][2H].[K+]. The number of unbranched alkanes of at least 4 members (excludes halogenated alkanes) is 7. The smallest absolute Gasteiger partial charge is 0.481 e. The zero-order chi connectivity index (χ0) is 33.6. The number of hydrogen-bond acceptors (Lipinski definition) is 4. The molecular weight excluding hydrogens is 604 g/mol. The molecule has 0 unspecified atom stereocenters. The van der Waals surface area contributed by atoms with Crippen LogP contribution in [0.2, 0.25) is 0 Å². The molecule has 2 rings (SSSR count). The van der Waals surface area contributed by atoms with Crippen LogP contribution in [0.1, 0.15) is 223 Å². The molecule has 2 fully saturated rings. The van der Waals surface area contributed by atoms with Gasteiger partial charge in [0.2, 0.25) is 0 Å². The average molecular weight is 685 g/mol. The third kappa shape index (κ3) is 48.6. The van der Waals surface area contributed by atoms with Gasteiger partial charge in [-0.15, -0.1) is 0 Å². The molecule has 0 aromatic rings. The summed E-state index contributed by atoms with van der Waals surface area (Å²) in [6.07, 6.45) is 36.1. The second kappa shape index (κ2) is 45.2. The largest absolute Gasteiger partial charge is 1.00 e. The van der Waals surface area contributed by atoms with Crippen molar-refractivity contribution < 1.29 is 83.8 Å². The Hall–Kier alpha value is 0.206. The van der Waals surface area contributed by atoms with Crippen LogP contribution in [0.4, 0.5) is 0 Å². The molecule has 0 heterocycles. The summed E-state index contributed by atoms with van der Waals surface area (Å²) in [5, 5.41) is 26.4. The number of hydrogen-bond donors (Lipinski definition) is 3. The molecule has 46 heavy (non-hydrogen) atoms. The molecule has 272 valence electrons. The van der Waals surface area contributed by atoms with Gasteiger partial charge in [-0.2, -0.15) is 0 Å². The minimum absolute atomic E-state index is 0. The van der Waals surface area contributed by atoms with Crippen molar-refractivity contribution in [3.05, 3.63) is 7.38 Å². The van der Waals surface area contributed by atoms with E-state index in [1.54, 1.807) is 0 Å². The summed E-state index contributed by atoms with van der Waals surface area (Å²) in [6.45, 7) is 0. The van der Waals surface area contributed by atoms with Crippen LogP contribution in [0.25, 0.3) is 0 Å². The van der Waals surface area contributed by atoms with E-state index in [1.165, 1.54) is 103 Å². The van der Waals surface area contributed by atoms with E-state index in [0.29, 0.717) is 13.2 Å². The Kier molecular flexibility index (Phi) is 49.7. The summed E-state index contributed by atoms with van der Waals surface area (Å²) >= 11 is 0. The predicted octanol–water partition coefficient (Wildman–Crippen LogP) is 9.30. The minimum atomic E-state index is -0.714. The molecule has 3 N–H and O–H groups in total. The number of carbonyl (C=O) groups is 3.